The monoisotopic (exact) mass is 303 g/mol. The molecular formula is C15H17N3O2S. The van der Waals surface area contributed by atoms with Crippen molar-refractivity contribution in [2.24, 2.45) is 5.14 Å². The van der Waals surface area contributed by atoms with Gasteiger partial charge in [-0.1, -0.05) is 18.2 Å². The second-order valence-corrected chi connectivity index (χ2v) is 6.68. The number of benzene rings is 2. The molecule has 0 unspecified atom stereocenters. The van der Waals surface area contributed by atoms with E-state index < -0.39 is 10.0 Å². The molecule has 2 aromatic carbocycles. The Kier molecular flexibility index (Phi) is 3.35. The molecule has 0 radical (unpaired) electrons. The summed E-state index contributed by atoms with van der Waals surface area (Å²) in [5.41, 5.74) is 9.34. The molecule has 1 aliphatic rings. The molecule has 6 heteroatoms. The van der Waals surface area contributed by atoms with Crippen LogP contribution in [0.25, 0.3) is 0 Å². The largest absolute Gasteiger partial charge is 0.398 e. The van der Waals surface area contributed by atoms with Crippen LogP contribution in [0.5, 0.6) is 0 Å². The minimum absolute atomic E-state index is 0.0310. The van der Waals surface area contributed by atoms with Crippen molar-refractivity contribution < 1.29 is 8.42 Å². The van der Waals surface area contributed by atoms with Gasteiger partial charge in [0.1, 0.15) is 4.90 Å². The van der Waals surface area contributed by atoms with Crippen molar-refractivity contribution in [1.82, 2.24) is 0 Å². The number of rotatable bonds is 2. The smallest absolute Gasteiger partial charge is 0.240 e. The van der Waals surface area contributed by atoms with Gasteiger partial charge in [0.05, 0.1) is 5.69 Å². The van der Waals surface area contributed by atoms with Crippen LogP contribution < -0.4 is 15.8 Å². The summed E-state index contributed by atoms with van der Waals surface area (Å²) in [5, 5.41) is 5.14. The molecule has 0 atom stereocenters. The summed E-state index contributed by atoms with van der Waals surface area (Å²) in [7, 11) is -3.79. The molecule has 0 spiro atoms. The van der Waals surface area contributed by atoms with Crippen LogP contribution in [-0.2, 0) is 16.4 Å². The number of aryl methyl sites for hydroxylation is 1. The highest BCUT2D eigenvalue weighted by Crippen LogP contribution is 2.35. The van der Waals surface area contributed by atoms with Gasteiger partial charge in [-0.2, -0.15) is 0 Å². The molecule has 0 amide bonds. The fourth-order valence-corrected chi connectivity index (χ4v) is 3.41. The number of nitrogens with zero attached hydrogens (tertiary/aromatic N) is 1. The van der Waals surface area contributed by atoms with Crippen LogP contribution in [0.4, 0.5) is 17.1 Å². The highest BCUT2D eigenvalue weighted by molar-refractivity contribution is 7.89. The van der Waals surface area contributed by atoms with Gasteiger partial charge in [0, 0.05) is 17.9 Å². The lowest BCUT2D eigenvalue weighted by Crippen LogP contribution is -2.24. The fraction of sp³-hybridized carbons (Fsp3) is 0.200. The second-order valence-electron chi connectivity index (χ2n) is 5.15. The van der Waals surface area contributed by atoms with Crippen LogP contribution in [0, 0.1) is 0 Å². The normalized spacial score (nSPS) is 14.8. The summed E-state index contributed by atoms with van der Waals surface area (Å²) >= 11 is 0. The van der Waals surface area contributed by atoms with Crippen molar-refractivity contribution in [1.29, 1.82) is 0 Å². The van der Waals surface area contributed by atoms with Crippen LogP contribution in [0.15, 0.2) is 47.4 Å². The molecule has 0 fully saturated rings. The molecule has 0 saturated heterocycles. The number of anilines is 3. The van der Waals surface area contributed by atoms with E-state index in [9.17, 15) is 8.42 Å². The predicted molar refractivity (Wildman–Crippen MR) is 84.0 cm³/mol. The van der Waals surface area contributed by atoms with Gasteiger partial charge >= 0.3 is 0 Å². The van der Waals surface area contributed by atoms with Crippen molar-refractivity contribution in [2.75, 3.05) is 17.2 Å². The summed E-state index contributed by atoms with van der Waals surface area (Å²) in [5.74, 6) is 0. The molecule has 0 bridgehead atoms. The van der Waals surface area contributed by atoms with Gasteiger partial charge < -0.3 is 10.6 Å². The van der Waals surface area contributed by atoms with Crippen molar-refractivity contribution in [3.63, 3.8) is 0 Å². The lowest BCUT2D eigenvalue weighted by atomic mass is 10.0. The number of para-hydroxylation sites is 1. The van der Waals surface area contributed by atoms with E-state index >= 15 is 0 Å². The molecule has 0 aromatic heterocycles. The van der Waals surface area contributed by atoms with Crippen LogP contribution in [0.2, 0.25) is 0 Å². The quantitative estimate of drug-likeness (QED) is 0.830. The van der Waals surface area contributed by atoms with Gasteiger partial charge in [0.15, 0.2) is 0 Å². The van der Waals surface area contributed by atoms with Crippen molar-refractivity contribution in [2.45, 2.75) is 17.7 Å². The number of hydrogen-bond donors (Lipinski definition) is 2. The van der Waals surface area contributed by atoms with E-state index in [1.54, 1.807) is 12.1 Å². The molecule has 3 rings (SSSR count). The van der Waals surface area contributed by atoms with E-state index in [0.29, 0.717) is 0 Å². The summed E-state index contributed by atoms with van der Waals surface area (Å²) < 4.78 is 22.8. The van der Waals surface area contributed by atoms with E-state index in [4.69, 9.17) is 10.9 Å². The van der Waals surface area contributed by atoms with E-state index in [0.717, 1.165) is 30.8 Å². The van der Waals surface area contributed by atoms with Crippen molar-refractivity contribution in [3.8, 4) is 0 Å². The zero-order valence-electron chi connectivity index (χ0n) is 11.5. The summed E-state index contributed by atoms with van der Waals surface area (Å²) in [6, 6.07) is 13.1. The van der Waals surface area contributed by atoms with Crippen LogP contribution in [0.1, 0.15) is 12.0 Å². The van der Waals surface area contributed by atoms with Gasteiger partial charge in [-0.3, -0.25) is 0 Å². The summed E-state index contributed by atoms with van der Waals surface area (Å²) in [6.07, 6.45) is 2.10. The Hall–Kier alpha value is -2.05. The molecule has 1 heterocycles. The Labute approximate surface area is 124 Å². The van der Waals surface area contributed by atoms with Crippen molar-refractivity contribution >= 4 is 27.1 Å². The number of sulfonamides is 1. The van der Waals surface area contributed by atoms with Crippen LogP contribution >= 0.6 is 0 Å². The standard InChI is InChI=1S/C15H17N3O2S/c16-13-10-12(7-8-15(13)21(17,19)20)18-9-3-5-11-4-1-2-6-14(11)18/h1-2,4,6-8,10H,3,5,9,16H2,(H2,17,19,20). The number of nitrogen functional groups attached to an aromatic ring is 1. The second kappa shape index (κ2) is 5.05. The van der Waals surface area contributed by atoms with E-state index in [1.165, 1.54) is 11.6 Å². The predicted octanol–water partition coefficient (Wildman–Crippen LogP) is 2.00. The first-order chi connectivity index (χ1) is 9.97. The molecule has 1 aliphatic heterocycles. The zero-order valence-corrected chi connectivity index (χ0v) is 12.3. The molecule has 0 aliphatic carbocycles. The molecule has 110 valence electrons. The van der Waals surface area contributed by atoms with Gasteiger partial charge in [-0.25, -0.2) is 13.6 Å². The zero-order chi connectivity index (χ0) is 15.0. The average Bonchev–Trinajstić information content (AvgIpc) is 2.45. The van der Waals surface area contributed by atoms with Gasteiger partial charge in [0.25, 0.3) is 0 Å². The number of fused-ring (bicyclic) bond motifs is 1. The Morgan fingerprint density at radius 2 is 1.86 bits per heavy atom. The van der Waals surface area contributed by atoms with Gasteiger partial charge in [0.2, 0.25) is 10.0 Å². The fourth-order valence-electron chi connectivity index (χ4n) is 2.76. The van der Waals surface area contributed by atoms with Crippen LogP contribution in [-0.4, -0.2) is 15.0 Å². The lowest BCUT2D eigenvalue weighted by Gasteiger charge is -2.31. The van der Waals surface area contributed by atoms with Gasteiger partial charge in [-0.15, -0.1) is 0 Å². The average molecular weight is 303 g/mol. The molecule has 5 nitrogen and oxygen atoms in total. The molecule has 0 saturated carbocycles. The number of primary sulfonamides is 1. The maximum Gasteiger partial charge on any atom is 0.240 e. The number of hydrogen-bond acceptors (Lipinski definition) is 4. The minimum atomic E-state index is -3.79. The Morgan fingerprint density at radius 1 is 1.10 bits per heavy atom. The maximum absolute atomic E-state index is 11.4. The SMILES string of the molecule is Nc1cc(N2CCCc3ccccc32)ccc1S(N)(=O)=O. The first-order valence-electron chi connectivity index (χ1n) is 6.74. The Morgan fingerprint density at radius 3 is 2.57 bits per heavy atom. The van der Waals surface area contributed by atoms with Crippen molar-refractivity contribution in [3.05, 3.63) is 48.0 Å². The van der Waals surface area contributed by atoms with E-state index in [2.05, 4.69) is 17.0 Å². The third kappa shape index (κ3) is 2.59. The molecule has 21 heavy (non-hydrogen) atoms. The Balaban J connectivity index is 2.05. The number of nitrogens with two attached hydrogens (primary N) is 2. The van der Waals surface area contributed by atoms with Crippen LogP contribution in [0.3, 0.4) is 0 Å². The van der Waals surface area contributed by atoms with Gasteiger partial charge in [-0.05, 0) is 42.7 Å². The molecule has 4 N–H and O–H groups in total. The molecule has 2 aromatic rings. The third-order valence-corrected chi connectivity index (χ3v) is 4.71. The first kappa shape index (κ1) is 13.9. The Bertz CT molecular complexity index is 787. The lowest BCUT2D eigenvalue weighted by molar-refractivity contribution is 0.598. The summed E-state index contributed by atoms with van der Waals surface area (Å²) in [4.78, 5) is 2.12. The third-order valence-electron chi connectivity index (χ3n) is 3.72. The highest BCUT2D eigenvalue weighted by Gasteiger charge is 2.19. The maximum atomic E-state index is 11.4. The van der Waals surface area contributed by atoms with E-state index in [-0.39, 0.29) is 10.6 Å². The topological polar surface area (TPSA) is 89.4 Å². The first-order valence-corrected chi connectivity index (χ1v) is 8.29. The molecular weight excluding hydrogens is 286 g/mol. The summed E-state index contributed by atoms with van der Waals surface area (Å²) in [6.45, 7) is 0.880. The van der Waals surface area contributed by atoms with E-state index in [1.807, 2.05) is 12.1 Å². The highest BCUT2D eigenvalue weighted by atomic mass is 32.2. The minimum Gasteiger partial charge on any atom is -0.398 e.